The van der Waals surface area contributed by atoms with Gasteiger partial charge in [0.15, 0.2) is 6.10 Å². The molecule has 5 aliphatic rings. The highest BCUT2D eigenvalue weighted by atomic mass is 16.6. The van der Waals surface area contributed by atoms with Gasteiger partial charge in [-0.25, -0.2) is 14.4 Å². The lowest BCUT2D eigenvalue weighted by Gasteiger charge is -2.69. The number of aliphatic hydroxyl groups is 1. The lowest BCUT2D eigenvalue weighted by Crippen LogP contribution is -2.69. The molecule has 0 radical (unpaired) electrons. The smallest absolute Gasteiger partial charge is 0.332 e. The second kappa shape index (κ2) is 13.6. The molecule has 1 aliphatic heterocycles. The zero-order valence-electron chi connectivity index (χ0n) is 32.7. The molecular weight excluding hydrogens is 660 g/mol. The molecule has 0 unspecified atom stereocenters. The molecule has 5 rings (SSSR count). The highest BCUT2D eigenvalue weighted by molar-refractivity contribution is 5.85. The molecule has 1 saturated heterocycles. The fourth-order valence-corrected chi connectivity index (χ4v) is 12.3. The molecule has 1 heterocycles. The van der Waals surface area contributed by atoms with Gasteiger partial charge in [-0.1, -0.05) is 41.5 Å². The van der Waals surface area contributed by atoms with Crippen molar-refractivity contribution in [1.29, 1.82) is 0 Å². The zero-order chi connectivity index (χ0) is 38.0. The highest BCUT2D eigenvalue weighted by Crippen LogP contribution is 2.84. The first kappa shape index (κ1) is 40.1. The Bertz CT molecular complexity index is 1370. The van der Waals surface area contributed by atoms with Crippen molar-refractivity contribution in [3.63, 3.8) is 0 Å². The first-order valence-corrected chi connectivity index (χ1v) is 18.6. The van der Waals surface area contributed by atoms with E-state index in [-0.39, 0.29) is 60.2 Å². The van der Waals surface area contributed by atoms with Crippen LogP contribution in [0.25, 0.3) is 0 Å². The molecule has 51 heavy (non-hydrogen) atoms. The summed E-state index contributed by atoms with van der Waals surface area (Å²) in [5.41, 5.74) is -4.18. The summed E-state index contributed by atoms with van der Waals surface area (Å²) in [5, 5.41) is 11.2. The van der Waals surface area contributed by atoms with Crippen LogP contribution in [0.4, 0.5) is 0 Å². The van der Waals surface area contributed by atoms with Gasteiger partial charge in [-0.05, 0) is 75.0 Å². The summed E-state index contributed by atoms with van der Waals surface area (Å²) in [6, 6.07) is 0. The van der Waals surface area contributed by atoms with Crippen LogP contribution in [0.2, 0.25) is 0 Å². The maximum absolute atomic E-state index is 13.3. The number of rotatable bonds is 14. The van der Waals surface area contributed by atoms with Gasteiger partial charge in [-0.15, -0.1) is 0 Å². The predicted octanol–water partition coefficient (Wildman–Crippen LogP) is 4.60. The number of epoxide rings is 1. The average Bonchev–Trinajstić information content (AvgIpc) is 3.60. The van der Waals surface area contributed by atoms with Crippen molar-refractivity contribution in [1.82, 2.24) is 0 Å². The number of hydrogen-bond acceptors (Lipinski definition) is 12. The molecule has 1 N–H and O–H groups in total. The van der Waals surface area contributed by atoms with Crippen molar-refractivity contribution in [2.45, 2.75) is 142 Å². The third-order valence-corrected chi connectivity index (χ3v) is 14.7. The Morgan fingerprint density at radius 1 is 0.882 bits per heavy atom. The molecule has 11 atom stereocenters. The molecule has 1 spiro atoms. The first-order chi connectivity index (χ1) is 23.6. The third-order valence-electron chi connectivity index (χ3n) is 14.7. The van der Waals surface area contributed by atoms with Crippen molar-refractivity contribution in [3.05, 3.63) is 0 Å². The van der Waals surface area contributed by atoms with Crippen molar-refractivity contribution < 1.29 is 57.4 Å². The molecule has 5 fully saturated rings. The number of ketones is 1. The van der Waals surface area contributed by atoms with Gasteiger partial charge >= 0.3 is 17.9 Å². The second-order valence-corrected chi connectivity index (χ2v) is 18.0. The summed E-state index contributed by atoms with van der Waals surface area (Å²) >= 11 is 0. The molecule has 12 heteroatoms. The molecule has 0 aromatic rings. The van der Waals surface area contributed by atoms with Gasteiger partial charge in [0.05, 0.1) is 5.60 Å². The van der Waals surface area contributed by atoms with Crippen LogP contribution < -0.4 is 0 Å². The van der Waals surface area contributed by atoms with E-state index in [1.54, 1.807) is 0 Å². The molecule has 4 aliphatic carbocycles. The van der Waals surface area contributed by atoms with Gasteiger partial charge in [0, 0.05) is 50.9 Å². The van der Waals surface area contributed by atoms with Gasteiger partial charge in [0.2, 0.25) is 0 Å². The maximum atomic E-state index is 13.3. The maximum Gasteiger partial charge on any atom is 0.332 e. The van der Waals surface area contributed by atoms with Gasteiger partial charge in [0.25, 0.3) is 0 Å². The molecular formula is C39H62O12. The lowest BCUT2D eigenvalue weighted by molar-refractivity contribution is -0.249. The van der Waals surface area contributed by atoms with Crippen LogP contribution in [0.15, 0.2) is 0 Å². The Labute approximate surface area is 303 Å². The minimum absolute atomic E-state index is 0.00891. The Morgan fingerprint density at radius 2 is 1.47 bits per heavy atom. The van der Waals surface area contributed by atoms with E-state index in [0.717, 1.165) is 32.1 Å². The van der Waals surface area contributed by atoms with Crippen LogP contribution >= 0.6 is 0 Å². The van der Waals surface area contributed by atoms with E-state index in [0.29, 0.717) is 18.6 Å². The molecule has 0 aromatic heterocycles. The summed E-state index contributed by atoms with van der Waals surface area (Å²) in [5.74, 6) is -1.54. The molecule has 290 valence electrons. The first-order valence-electron chi connectivity index (χ1n) is 18.6. The van der Waals surface area contributed by atoms with E-state index in [1.807, 2.05) is 0 Å². The lowest BCUT2D eigenvalue weighted by atomic mass is 9.34. The van der Waals surface area contributed by atoms with Crippen LogP contribution in [0.5, 0.6) is 0 Å². The topological polar surface area (TPSA) is 156 Å². The number of fused-ring (bicyclic) bond motifs is 4. The van der Waals surface area contributed by atoms with E-state index in [9.17, 15) is 24.3 Å². The summed E-state index contributed by atoms with van der Waals surface area (Å²) in [6.45, 7) is 15.5. The summed E-state index contributed by atoms with van der Waals surface area (Å²) in [6.07, 6.45) is 2.67. The zero-order valence-corrected chi connectivity index (χ0v) is 32.7. The average molecular weight is 723 g/mol. The molecule has 12 nitrogen and oxygen atoms in total. The Kier molecular flexibility index (Phi) is 10.7. The fourth-order valence-electron chi connectivity index (χ4n) is 12.3. The number of methoxy groups -OCH3 is 3. The number of hydrogen-bond donors (Lipinski definition) is 1. The van der Waals surface area contributed by atoms with Crippen LogP contribution in [-0.4, -0.2) is 105 Å². The van der Waals surface area contributed by atoms with Crippen LogP contribution in [-0.2, 0) is 52.3 Å². The summed E-state index contributed by atoms with van der Waals surface area (Å²) in [7, 11) is 4.24. The van der Waals surface area contributed by atoms with Crippen molar-refractivity contribution in [2.24, 2.45) is 39.4 Å². The van der Waals surface area contributed by atoms with E-state index >= 15 is 0 Å². The number of carbonyl (C=O) groups is 4. The third kappa shape index (κ3) is 6.16. The van der Waals surface area contributed by atoms with E-state index in [2.05, 4.69) is 41.5 Å². The van der Waals surface area contributed by atoms with Crippen LogP contribution in [0.1, 0.15) is 107 Å². The van der Waals surface area contributed by atoms with Gasteiger partial charge in [-0.3, -0.25) is 4.79 Å². The largest absolute Gasteiger partial charge is 0.460 e. The van der Waals surface area contributed by atoms with Crippen molar-refractivity contribution >= 4 is 23.7 Å². The van der Waals surface area contributed by atoms with E-state index in [1.165, 1.54) is 35.2 Å². The number of Topliss-reactive ketones (excluding diaryl/α,β-unsaturated/α-hetero) is 1. The molecule has 4 saturated carbocycles. The Hall–Kier alpha value is -2.12. The summed E-state index contributed by atoms with van der Waals surface area (Å²) < 4.78 is 40.4. The summed E-state index contributed by atoms with van der Waals surface area (Å²) in [4.78, 5) is 52.1. The van der Waals surface area contributed by atoms with Crippen LogP contribution in [0.3, 0.4) is 0 Å². The van der Waals surface area contributed by atoms with Crippen LogP contribution in [0, 0.1) is 39.4 Å². The minimum atomic E-state index is -1.57. The fraction of sp³-hybridized carbons (Fsp3) is 0.897. The van der Waals surface area contributed by atoms with Gasteiger partial charge in [-0.2, -0.15) is 0 Å². The normalized spacial score (nSPS) is 39.7. The molecule has 0 bridgehead atoms. The Balaban J connectivity index is 1.53. The van der Waals surface area contributed by atoms with Crippen molar-refractivity contribution in [3.8, 4) is 0 Å². The number of esters is 3. The van der Waals surface area contributed by atoms with Gasteiger partial charge in [0.1, 0.15) is 49.0 Å². The van der Waals surface area contributed by atoms with Gasteiger partial charge < -0.3 is 38.3 Å². The highest BCUT2D eigenvalue weighted by Gasteiger charge is 2.89. The predicted molar refractivity (Wildman–Crippen MR) is 184 cm³/mol. The van der Waals surface area contributed by atoms with E-state index < -0.39 is 58.4 Å². The monoisotopic (exact) mass is 722 g/mol. The standard InChI is InChI=1S/C39H62O12/c1-23(18-24(48-28(41)20-45-9)32(34(4,5)44)50-30(43)22-47-11)38-17-16-37(8)36(7)15-12-26-33(2,3)27(40)13-14-35(26,6)31(36)25(19-39(37,38)51-38)49-29(42)21-46-10/h23-26,31-32,44H,12-22H2,1-11H3/t23-,24+,25+,26+,31+,32-,35+,36+,37-,38-,39-/m1/s1. The molecule has 0 aromatic carbocycles. The number of carbonyl (C=O) groups excluding carboxylic acids is 4. The minimum Gasteiger partial charge on any atom is -0.460 e. The molecule has 0 amide bonds. The number of ether oxygens (including phenoxy) is 7. The quantitative estimate of drug-likeness (QED) is 0.151. The van der Waals surface area contributed by atoms with E-state index in [4.69, 9.17) is 33.2 Å². The van der Waals surface area contributed by atoms with Crippen molar-refractivity contribution in [2.75, 3.05) is 41.2 Å². The Morgan fingerprint density at radius 3 is 2.06 bits per heavy atom. The SMILES string of the molecule is COCC(=O)O[C@@H](C[C@@H](C)[C@]12CC[C@@]3(C)[C@@]1(C[C@H](OC(=O)COC)[C@H]1[C@@]4(C)CCC(=O)C(C)(C)[C@@H]4CC[C@@]13C)O2)[C@@H](OC(=O)COC)C(C)(C)O. The second-order valence-electron chi connectivity index (χ2n) is 18.0.